The van der Waals surface area contributed by atoms with Crippen LogP contribution in [-0.4, -0.2) is 32.3 Å². The van der Waals surface area contributed by atoms with Gasteiger partial charge in [-0.1, -0.05) is 25.4 Å². The van der Waals surface area contributed by atoms with E-state index >= 15 is 0 Å². The van der Waals surface area contributed by atoms with Crippen LogP contribution in [0.2, 0.25) is 5.02 Å². The molecule has 0 fully saturated rings. The fraction of sp³-hybridized carbons (Fsp3) is 0.450. The van der Waals surface area contributed by atoms with Gasteiger partial charge in [0.25, 0.3) is 0 Å². The highest BCUT2D eigenvalue weighted by Gasteiger charge is 2.28. The molecule has 0 aromatic heterocycles. The lowest BCUT2D eigenvalue weighted by molar-refractivity contribution is 0.591. The van der Waals surface area contributed by atoms with E-state index in [1.165, 1.54) is 0 Å². The van der Waals surface area contributed by atoms with Crippen LogP contribution >= 0.6 is 11.6 Å². The van der Waals surface area contributed by atoms with Crippen LogP contribution < -0.4 is 22.1 Å². The number of nitrogens with one attached hydrogen (secondary N) is 2. The SMILES string of the molecule is CC(N)CNc1nc(Nc2ccc(Cl)c(N)c2)c2nnc(C(C)C)c-2n1C(C)C. The Hall–Kier alpha value is -2.58. The summed E-state index contributed by atoms with van der Waals surface area (Å²) in [4.78, 5) is 4.82. The standard InChI is InChI=1S/C20H29ClN8/c1-10(2)16-18-17(28-27-16)19(25-13-6-7-14(21)15(23)8-13)26-20(24-9-12(5)22)29(18)11(3)4/h6-8,10-12,25H,9,22-23H2,1-5H3,(H,24,26). The number of fused-ring (bicyclic) bond motifs is 1. The average molecular weight is 417 g/mol. The first-order valence-corrected chi connectivity index (χ1v) is 10.2. The van der Waals surface area contributed by atoms with Gasteiger partial charge in [-0.25, -0.2) is 0 Å². The van der Waals surface area contributed by atoms with Crippen molar-refractivity contribution < 1.29 is 0 Å². The molecule has 29 heavy (non-hydrogen) atoms. The highest BCUT2D eigenvalue weighted by Crippen LogP contribution is 2.38. The number of halogens is 1. The van der Waals surface area contributed by atoms with E-state index in [9.17, 15) is 0 Å². The van der Waals surface area contributed by atoms with E-state index in [1.54, 1.807) is 12.1 Å². The summed E-state index contributed by atoms with van der Waals surface area (Å²) in [5.74, 6) is 1.53. The van der Waals surface area contributed by atoms with Gasteiger partial charge in [0.15, 0.2) is 11.5 Å². The first kappa shape index (κ1) is 21.1. The van der Waals surface area contributed by atoms with Crippen LogP contribution in [0.1, 0.15) is 52.3 Å². The molecule has 2 heterocycles. The molecule has 0 aliphatic carbocycles. The number of benzene rings is 1. The largest absolute Gasteiger partial charge is 0.397 e. The van der Waals surface area contributed by atoms with Gasteiger partial charge >= 0.3 is 0 Å². The molecule has 1 atom stereocenters. The molecule has 0 radical (unpaired) electrons. The lowest BCUT2D eigenvalue weighted by atomic mass is 10.1. The Morgan fingerprint density at radius 1 is 1.14 bits per heavy atom. The van der Waals surface area contributed by atoms with E-state index in [4.69, 9.17) is 28.1 Å². The van der Waals surface area contributed by atoms with Gasteiger partial charge < -0.3 is 26.7 Å². The van der Waals surface area contributed by atoms with Crippen LogP contribution in [0.4, 0.5) is 23.1 Å². The molecule has 6 N–H and O–H groups in total. The zero-order valence-electron chi connectivity index (χ0n) is 17.5. The second-order valence-corrected chi connectivity index (χ2v) is 8.31. The Morgan fingerprint density at radius 2 is 1.86 bits per heavy atom. The maximum absolute atomic E-state index is 6.05. The molecule has 9 heteroatoms. The summed E-state index contributed by atoms with van der Waals surface area (Å²) in [5, 5.41) is 16.1. The summed E-state index contributed by atoms with van der Waals surface area (Å²) in [6.07, 6.45) is 0. The van der Waals surface area contributed by atoms with Crippen LogP contribution in [0, 0.1) is 0 Å². The van der Waals surface area contributed by atoms with E-state index in [1.807, 2.05) is 13.0 Å². The molecule has 0 bridgehead atoms. The van der Waals surface area contributed by atoms with Gasteiger partial charge in [0.1, 0.15) is 0 Å². The highest BCUT2D eigenvalue weighted by molar-refractivity contribution is 6.33. The minimum atomic E-state index is -0.0129. The van der Waals surface area contributed by atoms with E-state index in [0.717, 1.165) is 17.1 Å². The van der Waals surface area contributed by atoms with Crippen molar-refractivity contribution in [2.75, 3.05) is 22.9 Å². The molecule has 0 spiro atoms. The highest BCUT2D eigenvalue weighted by atomic mass is 35.5. The third-order valence-electron chi connectivity index (χ3n) is 4.54. The van der Waals surface area contributed by atoms with Gasteiger partial charge in [-0.15, -0.1) is 5.10 Å². The fourth-order valence-electron chi connectivity index (χ4n) is 3.15. The predicted octanol–water partition coefficient (Wildman–Crippen LogP) is 4.22. The molecule has 1 unspecified atom stereocenters. The number of nitrogen functional groups attached to an aromatic ring is 1. The normalized spacial score (nSPS) is 12.7. The third kappa shape index (κ3) is 4.38. The summed E-state index contributed by atoms with van der Waals surface area (Å²) in [5.41, 5.74) is 15.8. The average Bonchev–Trinajstić information content (AvgIpc) is 3.08. The number of hydrogen-bond donors (Lipinski definition) is 4. The van der Waals surface area contributed by atoms with Crippen molar-refractivity contribution in [1.82, 2.24) is 19.7 Å². The molecule has 2 aliphatic rings. The molecule has 3 rings (SSSR count). The van der Waals surface area contributed by atoms with Crippen molar-refractivity contribution >= 4 is 34.7 Å². The van der Waals surface area contributed by atoms with Crippen LogP contribution in [-0.2, 0) is 0 Å². The van der Waals surface area contributed by atoms with Gasteiger partial charge in [-0.2, -0.15) is 10.1 Å². The summed E-state index contributed by atoms with van der Waals surface area (Å²) < 4.78 is 2.13. The Morgan fingerprint density at radius 3 is 2.45 bits per heavy atom. The first-order chi connectivity index (χ1) is 13.7. The Labute approximate surface area is 176 Å². The lowest BCUT2D eigenvalue weighted by Crippen LogP contribution is -2.28. The summed E-state index contributed by atoms with van der Waals surface area (Å²) in [6, 6.07) is 5.52. The van der Waals surface area contributed by atoms with Crippen molar-refractivity contribution in [2.24, 2.45) is 5.73 Å². The minimum absolute atomic E-state index is 0.0129. The maximum Gasteiger partial charge on any atom is 0.205 e. The second-order valence-electron chi connectivity index (χ2n) is 7.90. The molecular weight excluding hydrogens is 388 g/mol. The number of rotatable bonds is 7. The quantitative estimate of drug-likeness (QED) is 0.425. The molecule has 0 saturated carbocycles. The van der Waals surface area contributed by atoms with Gasteiger partial charge in [0, 0.05) is 24.3 Å². The predicted molar refractivity (Wildman–Crippen MR) is 120 cm³/mol. The first-order valence-electron chi connectivity index (χ1n) is 9.79. The fourth-order valence-corrected chi connectivity index (χ4v) is 3.27. The molecule has 0 saturated heterocycles. The lowest BCUT2D eigenvalue weighted by Gasteiger charge is -2.25. The summed E-state index contributed by atoms with van der Waals surface area (Å²) in [6.45, 7) is 11.0. The molecule has 1 aromatic carbocycles. The van der Waals surface area contributed by atoms with E-state index in [0.29, 0.717) is 34.7 Å². The molecule has 1 aromatic rings. The van der Waals surface area contributed by atoms with Gasteiger partial charge in [0.05, 0.1) is 22.1 Å². The summed E-state index contributed by atoms with van der Waals surface area (Å²) >= 11 is 6.05. The number of nitrogens with zero attached hydrogens (tertiary/aromatic N) is 4. The van der Waals surface area contributed by atoms with Crippen LogP contribution in [0.15, 0.2) is 18.2 Å². The van der Waals surface area contributed by atoms with Crippen molar-refractivity contribution in [1.29, 1.82) is 0 Å². The molecule has 156 valence electrons. The van der Waals surface area contributed by atoms with Gasteiger partial charge in [0.2, 0.25) is 5.95 Å². The van der Waals surface area contributed by atoms with Crippen molar-refractivity contribution in [2.45, 2.75) is 52.6 Å². The molecular formula is C20H29ClN8. The Kier molecular flexibility index (Phi) is 6.14. The van der Waals surface area contributed by atoms with Crippen molar-refractivity contribution in [3.05, 3.63) is 28.9 Å². The second kappa shape index (κ2) is 8.42. The monoisotopic (exact) mass is 416 g/mol. The Balaban J connectivity index is 2.17. The summed E-state index contributed by atoms with van der Waals surface area (Å²) in [7, 11) is 0. The number of aromatic nitrogens is 4. The van der Waals surface area contributed by atoms with Gasteiger partial charge in [-0.05, 0) is 44.9 Å². The van der Waals surface area contributed by atoms with Crippen molar-refractivity contribution in [3.8, 4) is 11.4 Å². The molecule has 2 aliphatic heterocycles. The van der Waals surface area contributed by atoms with E-state index < -0.39 is 0 Å². The van der Waals surface area contributed by atoms with E-state index in [2.05, 4.69) is 53.1 Å². The number of nitrogens with two attached hydrogens (primary N) is 2. The van der Waals surface area contributed by atoms with Crippen LogP contribution in [0.5, 0.6) is 0 Å². The topological polar surface area (TPSA) is 120 Å². The third-order valence-corrected chi connectivity index (χ3v) is 4.88. The van der Waals surface area contributed by atoms with Crippen LogP contribution in [0.3, 0.4) is 0 Å². The number of hydrogen-bond acceptors (Lipinski definition) is 7. The maximum atomic E-state index is 6.05. The minimum Gasteiger partial charge on any atom is -0.397 e. The molecule has 8 nitrogen and oxygen atoms in total. The zero-order valence-corrected chi connectivity index (χ0v) is 18.2. The van der Waals surface area contributed by atoms with Crippen molar-refractivity contribution in [3.63, 3.8) is 0 Å². The molecule has 0 amide bonds. The van der Waals surface area contributed by atoms with Gasteiger partial charge in [-0.3, -0.25) is 0 Å². The van der Waals surface area contributed by atoms with E-state index in [-0.39, 0.29) is 18.0 Å². The zero-order chi connectivity index (χ0) is 21.3. The smallest absolute Gasteiger partial charge is 0.205 e. The Bertz CT molecular complexity index is 963. The number of anilines is 4. The van der Waals surface area contributed by atoms with Crippen LogP contribution in [0.25, 0.3) is 11.4 Å².